The summed E-state index contributed by atoms with van der Waals surface area (Å²) in [6.45, 7) is 4.92. The summed E-state index contributed by atoms with van der Waals surface area (Å²) in [5.74, 6) is -5.78. The van der Waals surface area contributed by atoms with E-state index in [2.05, 4.69) is 4.74 Å². The topological polar surface area (TPSA) is 9.23 Å². The maximum absolute atomic E-state index is 12.9. The molecule has 0 aromatic rings. The van der Waals surface area contributed by atoms with Gasteiger partial charge in [-0.05, 0) is 5.92 Å². The molecule has 0 aliphatic rings. The number of hydrogen-bond donors (Lipinski definition) is 0. The average Bonchev–Trinajstić information content (AvgIpc) is 2.00. The van der Waals surface area contributed by atoms with Crippen molar-refractivity contribution in [1.29, 1.82) is 0 Å². The van der Waals surface area contributed by atoms with Gasteiger partial charge in [-0.3, -0.25) is 0 Å². The second-order valence-corrected chi connectivity index (χ2v) is 4.00. The molecule has 0 saturated carbocycles. The fraction of sp³-hybridized carbons (Fsp3) is 1.00. The molecular weight excluding hydrogens is 200 g/mol. The predicted octanol–water partition coefficient (Wildman–Crippen LogP) is 3.54. The summed E-state index contributed by atoms with van der Waals surface area (Å²) in [4.78, 5) is 0. The van der Waals surface area contributed by atoms with Crippen LogP contribution in [0.4, 0.5) is 17.6 Å². The van der Waals surface area contributed by atoms with Crippen LogP contribution in [0.3, 0.4) is 0 Å². The first kappa shape index (κ1) is 13.7. The molecule has 1 nitrogen and oxygen atoms in total. The van der Waals surface area contributed by atoms with Crippen LogP contribution in [0.5, 0.6) is 0 Å². The quantitative estimate of drug-likeness (QED) is 0.638. The summed E-state index contributed by atoms with van der Waals surface area (Å²) in [7, 11) is 0. The van der Waals surface area contributed by atoms with Crippen LogP contribution in [0.15, 0.2) is 0 Å². The molecule has 0 atom stereocenters. The minimum absolute atomic E-state index is 0.205. The lowest BCUT2D eigenvalue weighted by Crippen LogP contribution is -2.47. The second-order valence-electron chi connectivity index (χ2n) is 4.00. The Labute approximate surface area is 81.4 Å². The van der Waals surface area contributed by atoms with E-state index in [0.29, 0.717) is 0 Å². The Hall–Kier alpha value is -0.320. The van der Waals surface area contributed by atoms with Gasteiger partial charge in [0.05, 0.1) is 6.61 Å². The van der Waals surface area contributed by atoms with Gasteiger partial charge in [-0.25, -0.2) is 0 Å². The summed E-state index contributed by atoms with van der Waals surface area (Å²) in [5.41, 5.74) is 0. The molecule has 0 radical (unpaired) electrons. The summed E-state index contributed by atoms with van der Waals surface area (Å²) < 4.78 is 55.4. The van der Waals surface area contributed by atoms with E-state index in [1.807, 2.05) is 0 Å². The Bertz CT molecular complexity index is 178. The molecule has 0 saturated heterocycles. The molecule has 0 heterocycles. The second kappa shape index (κ2) is 4.47. The van der Waals surface area contributed by atoms with Crippen molar-refractivity contribution >= 4 is 0 Å². The zero-order valence-electron chi connectivity index (χ0n) is 8.78. The fourth-order valence-electron chi connectivity index (χ4n) is 0.704. The Balaban J connectivity index is 4.44. The van der Waals surface area contributed by atoms with Crippen molar-refractivity contribution in [2.75, 3.05) is 6.61 Å². The van der Waals surface area contributed by atoms with Crippen molar-refractivity contribution in [2.24, 2.45) is 11.8 Å². The van der Waals surface area contributed by atoms with Crippen molar-refractivity contribution in [3.63, 3.8) is 0 Å². The highest BCUT2D eigenvalue weighted by atomic mass is 19.3. The first-order valence-corrected chi connectivity index (χ1v) is 4.51. The Kier molecular flexibility index (Phi) is 4.36. The van der Waals surface area contributed by atoms with E-state index in [1.54, 1.807) is 13.8 Å². The minimum Gasteiger partial charge on any atom is -0.315 e. The third-order valence-corrected chi connectivity index (χ3v) is 1.71. The van der Waals surface area contributed by atoms with Gasteiger partial charge in [-0.15, -0.1) is 0 Å². The molecule has 0 aliphatic heterocycles. The smallest absolute Gasteiger partial charge is 0.315 e. The molecule has 0 rings (SSSR count). The van der Waals surface area contributed by atoms with Crippen LogP contribution < -0.4 is 0 Å². The molecular formula is C9H16F4O. The normalized spacial score (nSPS) is 14.1. The minimum atomic E-state index is -4.38. The predicted molar refractivity (Wildman–Crippen MR) is 45.5 cm³/mol. The molecule has 0 bridgehead atoms. The molecule has 0 spiro atoms. The first-order valence-electron chi connectivity index (χ1n) is 4.51. The van der Waals surface area contributed by atoms with Gasteiger partial charge in [0.2, 0.25) is 0 Å². The maximum Gasteiger partial charge on any atom is 0.419 e. The molecule has 0 aromatic carbocycles. The van der Waals surface area contributed by atoms with Crippen LogP contribution >= 0.6 is 0 Å². The van der Waals surface area contributed by atoms with E-state index in [9.17, 15) is 17.6 Å². The lowest BCUT2D eigenvalue weighted by atomic mass is 10.1. The average molecular weight is 216 g/mol. The van der Waals surface area contributed by atoms with Gasteiger partial charge in [0, 0.05) is 5.92 Å². The van der Waals surface area contributed by atoms with Crippen LogP contribution in [-0.4, -0.2) is 18.6 Å². The van der Waals surface area contributed by atoms with E-state index < -0.39 is 17.9 Å². The van der Waals surface area contributed by atoms with Crippen molar-refractivity contribution in [1.82, 2.24) is 0 Å². The summed E-state index contributed by atoms with van der Waals surface area (Å²) >= 11 is 0. The largest absolute Gasteiger partial charge is 0.419 e. The highest BCUT2D eigenvalue weighted by Gasteiger charge is 2.59. The van der Waals surface area contributed by atoms with Gasteiger partial charge in [0.25, 0.3) is 0 Å². The van der Waals surface area contributed by atoms with E-state index in [-0.39, 0.29) is 12.5 Å². The molecule has 0 unspecified atom stereocenters. The van der Waals surface area contributed by atoms with Gasteiger partial charge in [-0.2, -0.15) is 17.6 Å². The first-order chi connectivity index (χ1) is 6.11. The molecule has 0 amide bonds. The molecule has 0 aromatic heterocycles. The highest BCUT2D eigenvalue weighted by molar-refractivity contribution is 4.80. The van der Waals surface area contributed by atoms with Gasteiger partial charge in [0.15, 0.2) is 0 Å². The van der Waals surface area contributed by atoms with E-state index in [4.69, 9.17) is 0 Å². The molecule has 14 heavy (non-hydrogen) atoms. The van der Waals surface area contributed by atoms with Gasteiger partial charge in [0.1, 0.15) is 0 Å². The zero-order chi connectivity index (χ0) is 11.6. The Morgan fingerprint density at radius 1 is 1.00 bits per heavy atom. The Morgan fingerprint density at radius 2 is 1.43 bits per heavy atom. The standard InChI is InChI=1S/C9H16F4O/c1-6(2)5-14-9(12,13)8(10,11)7(3)4/h6-7H,5H2,1-4H3. The van der Waals surface area contributed by atoms with Gasteiger partial charge >= 0.3 is 12.0 Å². The van der Waals surface area contributed by atoms with Gasteiger partial charge < -0.3 is 4.74 Å². The van der Waals surface area contributed by atoms with Crippen molar-refractivity contribution < 1.29 is 22.3 Å². The molecule has 0 N–H and O–H groups in total. The monoisotopic (exact) mass is 216 g/mol. The van der Waals surface area contributed by atoms with E-state index in [0.717, 1.165) is 13.8 Å². The summed E-state index contributed by atoms with van der Waals surface area (Å²) in [5, 5.41) is 0. The lowest BCUT2D eigenvalue weighted by Gasteiger charge is -2.29. The zero-order valence-corrected chi connectivity index (χ0v) is 8.78. The number of halogens is 4. The molecule has 86 valence electrons. The van der Waals surface area contributed by atoms with Crippen molar-refractivity contribution in [3.05, 3.63) is 0 Å². The third-order valence-electron chi connectivity index (χ3n) is 1.71. The number of ether oxygens (including phenoxy) is 1. The van der Waals surface area contributed by atoms with Crippen molar-refractivity contribution in [2.45, 2.75) is 39.7 Å². The van der Waals surface area contributed by atoms with Crippen LogP contribution in [0.1, 0.15) is 27.7 Å². The summed E-state index contributed by atoms with van der Waals surface area (Å²) in [6.07, 6.45) is -4.38. The van der Waals surface area contributed by atoms with Crippen molar-refractivity contribution in [3.8, 4) is 0 Å². The Morgan fingerprint density at radius 3 is 1.71 bits per heavy atom. The van der Waals surface area contributed by atoms with Crippen LogP contribution in [0, 0.1) is 11.8 Å². The lowest BCUT2D eigenvalue weighted by molar-refractivity contribution is -0.361. The van der Waals surface area contributed by atoms with Crippen LogP contribution in [-0.2, 0) is 4.74 Å². The van der Waals surface area contributed by atoms with E-state index >= 15 is 0 Å². The molecule has 0 aliphatic carbocycles. The number of hydrogen-bond acceptors (Lipinski definition) is 1. The van der Waals surface area contributed by atoms with Crippen LogP contribution in [0.2, 0.25) is 0 Å². The fourth-order valence-corrected chi connectivity index (χ4v) is 0.704. The molecule has 5 heteroatoms. The van der Waals surface area contributed by atoms with E-state index in [1.165, 1.54) is 0 Å². The number of rotatable bonds is 5. The molecule has 0 fully saturated rings. The van der Waals surface area contributed by atoms with Crippen LogP contribution in [0.25, 0.3) is 0 Å². The summed E-state index contributed by atoms with van der Waals surface area (Å²) in [6, 6.07) is 0. The number of alkyl halides is 4. The highest BCUT2D eigenvalue weighted by Crippen LogP contribution is 2.40. The maximum atomic E-state index is 12.9. The third kappa shape index (κ3) is 3.12. The van der Waals surface area contributed by atoms with Gasteiger partial charge in [-0.1, -0.05) is 27.7 Å². The SMILES string of the molecule is CC(C)COC(F)(F)C(F)(F)C(C)C.